The number of hydrogen-bond donors (Lipinski definition) is 0. The minimum Gasteiger partial charge on any atom is -0.266 e. The Morgan fingerprint density at radius 1 is 0.917 bits per heavy atom. The molecule has 12 heavy (non-hydrogen) atoms. The van der Waals surface area contributed by atoms with Crippen LogP contribution in [0.5, 0.6) is 0 Å². The van der Waals surface area contributed by atoms with Crippen LogP contribution in [-0.4, -0.2) is 33.8 Å². The van der Waals surface area contributed by atoms with Gasteiger partial charge in [-0.1, -0.05) is 0 Å². The van der Waals surface area contributed by atoms with Crippen LogP contribution in [0.1, 0.15) is 0 Å². The molecule has 0 saturated carbocycles. The van der Waals surface area contributed by atoms with Gasteiger partial charge in [-0.3, -0.25) is 16.7 Å². The van der Waals surface area contributed by atoms with Crippen LogP contribution in [0, 0.1) is 0 Å². The molecule has 8 heteroatoms. The fourth-order valence-corrected chi connectivity index (χ4v) is 2.26. The van der Waals surface area contributed by atoms with E-state index < -0.39 is 34.9 Å². The smallest absolute Gasteiger partial charge is 0.266 e. The van der Waals surface area contributed by atoms with E-state index in [4.69, 9.17) is 8.37 Å². The van der Waals surface area contributed by atoms with Crippen LogP contribution >= 0.6 is 0 Å². The maximum absolute atomic E-state index is 10.6. The van der Waals surface area contributed by atoms with E-state index in [0.29, 0.717) is 0 Å². The molecule has 0 aromatic rings. The zero-order chi connectivity index (χ0) is 8.55. The maximum atomic E-state index is 10.6. The zero-order valence-electron chi connectivity index (χ0n) is 5.83. The molecule has 2 fully saturated rings. The highest BCUT2D eigenvalue weighted by atomic mass is 32.2. The van der Waals surface area contributed by atoms with Gasteiger partial charge in [0.1, 0.15) is 12.2 Å². The summed E-state index contributed by atoms with van der Waals surface area (Å²) in [6.07, 6.45) is -0.894. The first-order chi connectivity index (χ1) is 5.75. The van der Waals surface area contributed by atoms with E-state index in [1.807, 2.05) is 0 Å². The molecule has 0 bridgehead atoms. The van der Waals surface area contributed by atoms with Gasteiger partial charge in [0, 0.05) is 0 Å². The second-order valence-electron chi connectivity index (χ2n) is 2.25. The fraction of sp³-hybridized carbons (Fsp3) is 1.00. The second kappa shape index (κ2) is 3.48. The SMILES string of the molecule is O=S1OC[C@@H]([C@H]2COS(=O)O2)O1. The van der Waals surface area contributed by atoms with Gasteiger partial charge in [-0.25, -0.2) is 0 Å². The quantitative estimate of drug-likeness (QED) is 0.556. The average molecular weight is 214 g/mol. The third-order valence-corrected chi connectivity index (χ3v) is 2.94. The van der Waals surface area contributed by atoms with E-state index in [1.54, 1.807) is 0 Å². The summed E-state index contributed by atoms with van der Waals surface area (Å²) in [6.45, 7) is 0.357. The normalized spacial score (nSPS) is 48.3. The van der Waals surface area contributed by atoms with E-state index in [1.165, 1.54) is 0 Å². The van der Waals surface area contributed by atoms with Crippen LogP contribution in [0.2, 0.25) is 0 Å². The molecule has 70 valence electrons. The van der Waals surface area contributed by atoms with Gasteiger partial charge in [-0.2, -0.15) is 8.42 Å². The average Bonchev–Trinajstić information content (AvgIpc) is 2.58. The molecular formula is C4H6O6S2. The van der Waals surface area contributed by atoms with Crippen LogP contribution in [0.4, 0.5) is 0 Å². The van der Waals surface area contributed by atoms with Gasteiger partial charge in [0.05, 0.1) is 13.2 Å². The Bertz CT molecular complexity index is 206. The molecule has 4 atom stereocenters. The molecule has 2 rings (SSSR count). The predicted octanol–water partition coefficient (Wildman–Crippen LogP) is -1.03. The summed E-state index contributed by atoms with van der Waals surface area (Å²) in [5, 5.41) is 0. The molecule has 0 N–H and O–H groups in total. The largest absolute Gasteiger partial charge is 0.305 e. The van der Waals surface area contributed by atoms with Crippen LogP contribution in [0.15, 0.2) is 0 Å². The molecule has 0 aromatic heterocycles. The van der Waals surface area contributed by atoms with Gasteiger partial charge < -0.3 is 0 Å². The van der Waals surface area contributed by atoms with Crippen molar-refractivity contribution in [3.05, 3.63) is 0 Å². The minimum atomic E-state index is -1.69. The van der Waals surface area contributed by atoms with E-state index in [2.05, 4.69) is 8.37 Å². The first-order valence-electron chi connectivity index (χ1n) is 3.20. The second-order valence-corrected chi connectivity index (χ2v) is 3.92. The lowest BCUT2D eigenvalue weighted by Crippen LogP contribution is -2.29. The summed E-state index contributed by atoms with van der Waals surface area (Å²) >= 11 is -3.39. The molecule has 0 spiro atoms. The topological polar surface area (TPSA) is 71.1 Å². The molecule has 0 amide bonds. The van der Waals surface area contributed by atoms with Gasteiger partial charge in [0.15, 0.2) is 0 Å². The predicted molar refractivity (Wildman–Crippen MR) is 37.9 cm³/mol. The van der Waals surface area contributed by atoms with Gasteiger partial charge in [0.25, 0.3) is 0 Å². The van der Waals surface area contributed by atoms with Crippen molar-refractivity contribution < 1.29 is 25.2 Å². The zero-order valence-corrected chi connectivity index (χ0v) is 7.47. The van der Waals surface area contributed by atoms with Crippen molar-refractivity contribution >= 4 is 22.7 Å². The summed E-state index contributed by atoms with van der Waals surface area (Å²) in [4.78, 5) is 0. The molecule has 0 radical (unpaired) electrons. The highest BCUT2D eigenvalue weighted by Gasteiger charge is 2.37. The van der Waals surface area contributed by atoms with E-state index in [-0.39, 0.29) is 13.2 Å². The van der Waals surface area contributed by atoms with E-state index in [0.717, 1.165) is 0 Å². The molecule has 6 nitrogen and oxygen atoms in total. The van der Waals surface area contributed by atoms with Crippen LogP contribution in [0.3, 0.4) is 0 Å². The van der Waals surface area contributed by atoms with Gasteiger partial charge in [-0.05, 0) is 0 Å². The van der Waals surface area contributed by atoms with Gasteiger partial charge in [-0.15, -0.1) is 0 Å². The summed E-state index contributed by atoms with van der Waals surface area (Å²) < 4.78 is 40.0. The molecule has 2 aliphatic rings. The Morgan fingerprint density at radius 2 is 1.33 bits per heavy atom. The maximum Gasteiger partial charge on any atom is 0.305 e. The Labute approximate surface area is 73.9 Å². The summed E-state index contributed by atoms with van der Waals surface area (Å²) in [5.74, 6) is 0. The summed E-state index contributed by atoms with van der Waals surface area (Å²) in [7, 11) is 0. The van der Waals surface area contributed by atoms with Crippen molar-refractivity contribution in [1.82, 2.24) is 0 Å². The Hall–Kier alpha value is 0.140. The van der Waals surface area contributed by atoms with Crippen molar-refractivity contribution in [2.24, 2.45) is 0 Å². The Morgan fingerprint density at radius 3 is 1.58 bits per heavy atom. The van der Waals surface area contributed by atoms with Crippen LogP contribution < -0.4 is 0 Å². The van der Waals surface area contributed by atoms with Gasteiger partial charge >= 0.3 is 22.7 Å². The highest BCUT2D eigenvalue weighted by Crippen LogP contribution is 2.20. The molecule has 2 saturated heterocycles. The summed E-state index contributed by atoms with van der Waals surface area (Å²) in [6, 6.07) is 0. The van der Waals surface area contributed by atoms with E-state index in [9.17, 15) is 8.42 Å². The lowest BCUT2D eigenvalue weighted by molar-refractivity contribution is 0.0880. The Balaban J connectivity index is 1.93. The Kier molecular flexibility index (Phi) is 2.53. The molecule has 2 heterocycles. The minimum absolute atomic E-state index is 0.178. The molecule has 2 aliphatic heterocycles. The van der Waals surface area contributed by atoms with Crippen molar-refractivity contribution in [2.75, 3.05) is 13.2 Å². The standard InChI is InChI=1S/C4H6O6S2/c5-11-7-1-3(9-11)4-2-8-12(6)10-4/h3-4H,1-2H2/t3-,4+,11?,12?. The van der Waals surface area contributed by atoms with Gasteiger partial charge in [0.2, 0.25) is 0 Å². The molecule has 0 aromatic carbocycles. The van der Waals surface area contributed by atoms with E-state index >= 15 is 0 Å². The van der Waals surface area contributed by atoms with Crippen molar-refractivity contribution in [3.8, 4) is 0 Å². The molecule has 0 aliphatic carbocycles. The molecule has 2 unspecified atom stereocenters. The fourth-order valence-electron chi connectivity index (χ4n) is 0.897. The van der Waals surface area contributed by atoms with Crippen molar-refractivity contribution in [1.29, 1.82) is 0 Å². The lowest BCUT2D eigenvalue weighted by Gasteiger charge is -2.08. The highest BCUT2D eigenvalue weighted by molar-refractivity contribution is 7.75. The lowest BCUT2D eigenvalue weighted by atomic mass is 10.2. The molecular weight excluding hydrogens is 208 g/mol. The third-order valence-electron chi connectivity index (χ3n) is 1.48. The van der Waals surface area contributed by atoms with Crippen molar-refractivity contribution in [2.45, 2.75) is 12.2 Å². The first-order valence-corrected chi connectivity index (χ1v) is 5.20. The summed E-state index contributed by atoms with van der Waals surface area (Å²) in [5.41, 5.74) is 0. The third kappa shape index (κ3) is 1.73. The first kappa shape index (κ1) is 8.73. The number of rotatable bonds is 1. The monoisotopic (exact) mass is 214 g/mol. The van der Waals surface area contributed by atoms with Crippen LogP contribution in [-0.2, 0) is 39.5 Å². The number of hydrogen-bond acceptors (Lipinski definition) is 6. The van der Waals surface area contributed by atoms with Crippen LogP contribution in [0.25, 0.3) is 0 Å². The van der Waals surface area contributed by atoms with Crippen molar-refractivity contribution in [3.63, 3.8) is 0 Å².